The largest absolute Gasteiger partial charge is 0.371 e. The lowest BCUT2D eigenvalue weighted by atomic mass is 10.1. The molecule has 0 bridgehead atoms. The molecule has 0 aromatic carbocycles. The summed E-state index contributed by atoms with van der Waals surface area (Å²) < 4.78 is 0. The van der Waals surface area contributed by atoms with Crippen LogP contribution in [0.4, 0.5) is 0 Å². The Morgan fingerprint density at radius 3 is 2.77 bits per heavy atom. The van der Waals surface area contributed by atoms with Gasteiger partial charge in [-0.05, 0) is 20.8 Å². The number of aliphatic imine (C=N–C) groups is 1. The Hall–Kier alpha value is -0.830. The predicted molar refractivity (Wildman–Crippen MR) is 57.0 cm³/mol. The van der Waals surface area contributed by atoms with E-state index in [2.05, 4.69) is 42.6 Å². The van der Waals surface area contributed by atoms with Crippen molar-refractivity contribution in [1.29, 1.82) is 0 Å². The molecular formula is C10H19N3. The molecule has 0 unspecified atom stereocenters. The van der Waals surface area contributed by atoms with Gasteiger partial charge >= 0.3 is 0 Å². The number of piperazine rings is 1. The highest BCUT2D eigenvalue weighted by Crippen LogP contribution is 2.13. The number of rotatable bonds is 1. The minimum atomic E-state index is 0.226. The quantitative estimate of drug-likeness (QED) is 0.659. The minimum absolute atomic E-state index is 0.226. The van der Waals surface area contributed by atoms with Crippen molar-refractivity contribution in [3.05, 3.63) is 12.8 Å². The van der Waals surface area contributed by atoms with Gasteiger partial charge in [-0.15, -0.1) is 0 Å². The number of hydrogen-bond acceptors (Lipinski definition) is 2. The maximum Gasteiger partial charge on any atom is 0.116 e. The first kappa shape index (κ1) is 10.3. The Bertz CT molecular complexity index is 213. The molecule has 0 aromatic heterocycles. The van der Waals surface area contributed by atoms with Crippen LogP contribution in [0.2, 0.25) is 0 Å². The molecule has 1 saturated heterocycles. The Balaban J connectivity index is 2.61. The highest BCUT2D eigenvalue weighted by molar-refractivity contribution is 5.85. The van der Waals surface area contributed by atoms with Crippen molar-refractivity contribution >= 4 is 5.84 Å². The maximum atomic E-state index is 4.18. The molecule has 3 heteroatoms. The van der Waals surface area contributed by atoms with Gasteiger partial charge in [0.15, 0.2) is 0 Å². The van der Waals surface area contributed by atoms with Gasteiger partial charge in [-0.1, -0.05) is 6.58 Å². The van der Waals surface area contributed by atoms with Crippen molar-refractivity contribution in [2.45, 2.75) is 26.3 Å². The monoisotopic (exact) mass is 181 g/mol. The van der Waals surface area contributed by atoms with E-state index in [0.717, 1.165) is 25.5 Å². The van der Waals surface area contributed by atoms with Gasteiger partial charge in [0.1, 0.15) is 5.84 Å². The molecule has 1 fully saturated rings. The van der Waals surface area contributed by atoms with Gasteiger partial charge in [-0.2, -0.15) is 0 Å². The van der Waals surface area contributed by atoms with E-state index in [1.165, 1.54) is 0 Å². The standard InChI is InChI=1S/C10H19N3/c1-5-11-9-8-13(7-6-12-9)10(2,3)4/h5H,1,6-8H2,2-4H3,(H,11,12). The normalized spacial score (nSPS) is 22.8. The Labute approximate surface area is 80.5 Å². The molecule has 0 amide bonds. The van der Waals surface area contributed by atoms with Crippen LogP contribution in [0, 0.1) is 0 Å². The van der Waals surface area contributed by atoms with Gasteiger partial charge in [0.25, 0.3) is 0 Å². The third-order valence-corrected chi connectivity index (χ3v) is 2.25. The molecule has 0 saturated carbocycles. The van der Waals surface area contributed by atoms with E-state index < -0.39 is 0 Å². The summed E-state index contributed by atoms with van der Waals surface area (Å²) in [6.07, 6.45) is 1.59. The second-order valence-corrected chi connectivity index (χ2v) is 4.28. The zero-order valence-corrected chi connectivity index (χ0v) is 8.80. The Morgan fingerprint density at radius 2 is 2.23 bits per heavy atom. The number of nitrogens with zero attached hydrogens (tertiary/aromatic N) is 2. The van der Waals surface area contributed by atoms with Crippen molar-refractivity contribution in [3.63, 3.8) is 0 Å². The third kappa shape index (κ3) is 2.84. The summed E-state index contributed by atoms with van der Waals surface area (Å²) in [6, 6.07) is 0. The molecule has 74 valence electrons. The van der Waals surface area contributed by atoms with Crippen molar-refractivity contribution < 1.29 is 0 Å². The highest BCUT2D eigenvalue weighted by Gasteiger charge is 2.24. The van der Waals surface area contributed by atoms with E-state index in [0.29, 0.717) is 0 Å². The van der Waals surface area contributed by atoms with Crippen LogP contribution in [0.3, 0.4) is 0 Å². The lowest BCUT2D eigenvalue weighted by Crippen LogP contribution is -2.54. The fourth-order valence-corrected chi connectivity index (χ4v) is 1.42. The molecule has 0 radical (unpaired) electrons. The number of nitrogens with one attached hydrogen (secondary N) is 1. The highest BCUT2D eigenvalue weighted by atomic mass is 15.3. The smallest absolute Gasteiger partial charge is 0.116 e. The van der Waals surface area contributed by atoms with Crippen LogP contribution in [0.1, 0.15) is 20.8 Å². The Kier molecular flexibility index (Phi) is 3.09. The summed E-state index contributed by atoms with van der Waals surface area (Å²) in [4.78, 5) is 6.58. The predicted octanol–water partition coefficient (Wildman–Crippen LogP) is 1.23. The molecule has 1 N–H and O–H groups in total. The van der Waals surface area contributed by atoms with E-state index in [-0.39, 0.29) is 5.54 Å². The molecule has 0 aliphatic carbocycles. The molecule has 0 atom stereocenters. The van der Waals surface area contributed by atoms with E-state index in [1.54, 1.807) is 6.20 Å². The SMILES string of the molecule is C=C/N=C1/CN(C(C)(C)C)CCN1. The van der Waals surface area contributed by atoms with Gasteiger partial charge in [0.2, 0.25) is 0 Å². The molecule has 1 rings (SSSR count). The summed E-state index contributed by atoms with van der Waals surface area (Å²) in [7, 11) is 0. The van der Waals surface area contributed by atoms with Crippen LogP contribution >= 0.6 is 0 Å². The molecule has 1 aliphatic heterocycles. The Morgan fingerprint density at radius 1 is 1.54 bits per heavy atom. The average molecular weight is 181 g/mol. The molecule has 1 heterocycles. The molecular weight excluding hydrogens is 162 g/mol. The zero-order chi connectivity index (χ0) is 9.90. The molecule has 0 aromatic rings. The van der Waals surface area contributed by atoms with Gasteiger partial charge in [-0.3, -0.25) is 4.90 Å². The first-order valence-corrected chi connectivity index (χ1v) is 4.70. The fourth-order valence-electron chi connectivity index (χ4n) is 1.42. The van der Waals surface area contributed by atoms with Gasteiger partial charge in [-0.25, -0.2) is 4.99 Å². The van der Waals surface area contributed by atoms with Gasteiger partial charge in [0.05, 0.1) is 6.54 Å². The van der Waals surface area contributed by atoms with E-state index >= 15 is 0 Å². The summed E-state index contributed by atoms with van der Waals surface area (Å²) in [5.74, 6) is 1.02. The molecule has 0 spiro atoms. The van der Waals surface area contributed by atoms with Crippen molar-refractivity contribution in [3.8, 4) is 0 Å². The van der Waals surface area contributed by atoms with Crippen LogP contribution in [-0.4, -0.2) is 35.9 Å². The summed E-state index contributed by atoms with van der Waals surface area (Å²) in [5.41, 5.74) is 0.226. The van der Waals surface area contributed by atoms with E-state index in [1.807, 2.05) is 0 Å². The second-order valence-electron chi connectivity index (χ2n) is 4.28. The first-order valence-electron chi connectivity index (χ1n) is 4.70. The van der Waals surface area contributed by atoms with Crippen LogP contribution in [0.25, 0.3) is 0 Å². The van der Waals surface area contributed by atoms with Crippen molar-refractivity contribution in [2.24, 2.45) is 4.99 Å². The second kappa shape index (κ2) is 3.92. The van der Waals surface area contributed by atoms with Crippen LogP contribution < -0.4 is 5.32 Å². The van der Waals surface area contributed by atoms with E-state index in [9.17, 15) is 0 Å². The number of hydrogen-bond donors (Lipinski definition) is 1. The summed E-state index contributed by atoms with van der Waals surface area (Å²) in [5, 5.41) is 3.26. The maximum absolute atomic E-state index is 4.18. The van der Waals surface area contributed by atoms with E-state index in [4.69, 9.17) is 0 Å². The number of amidine groups is 1. The zero-order valence-electron chi connectivity index (χ0n) is 8.80. The van der Waals surface area contributed by atoms with Crippen LogP contribution in [0.15, 0.2) is 17.8 Å². The minimum Gasteiger partial charge on any atom is -0.371 e. The third-order valence-electron chi connectivity index (χ3n) is 2.25. The van der Waals surface area contributed by atoms with Gasteiger partial charge < -0.3 is 5.32 Å². The lowest BCUT2D eigenvalue weighted by Gasteiger charge is -2.39. The average Bonchev–Trinajstić information content (AvgIpc) is 2.04. The molecule has 1 aliphatic rings. The topological polar surface area (TPSA) is 27.6 Å². The van der Waals surface area contributed by atoms with Crippen molar-refractivity contribution in [2.75, 3.05) is 19.6 Å². The lowest BCUT2D eigenvalue weighted by molar-refractivity contribution is 0.152. The van der Waals surface area contributed by atoms with Crippen LogP contribution in [0.5, 0.6) is 0 Å². The van der Waals surface area contributed by atoms with Crippen LogP contribution in [-0.2, 0) is 0 Å². The summed E-state index contributed by atoms with van der Waals surface area (Å²) >= 11 is 0. The summed E-state index contributed by atoms with van der Waals surface area (Å²) in [6.45, 7) is 13.2. The first-order chi connectivity index (χ1) is 6.04. The molecule has 3 nitrogen and oxygen atoms in total. The molecule has 13 heavy (non-hydrogen) atoms. The fraction of sp³-hybridized carbons (Fsp3) is 0.700. The van der Waals surface area contributed by atoms with Crippen molar-refractivity contribution in [1.82, 2.24) is 10.2 Å². The van der Waals surface area contributed by atoms with Gasteiger partial charge in [0, 0.05) is 24.8 Å².